The molecule has 7 nitrogen and oxygen atoms in total. The first-order valence-electron chi connectivity index (χ1n) is 11.2. The van der Waals surface area contributed by atoms with Crippen LogP contribution in [-0.2, 0) is 25.9 Å². The second-order valence-electron chi connectivity index (χ2n) is 8.30. The number of carbonyl (C=O) groups is 1. The molecule has 0 aliphatic carbocycles. The average molecular weight is 469 g/mol. The van der Waals surface area contributed by atoms with Crippen molar-refractivity contribution in [2.75, 3.05) is 51.0 Å². The van der Waals surface area contributed by atoms with Gasteiger partial charge >= 0.3 is 0 Å². The van der Waals surface area contributed by atoms with Crippen molar-refractivity contribution in [3.8, 4) is 0 Å². The highest BCUT2D eigenvalue weighted by molar-refractivity contribution is 7.99. The van der Waals surface area contributed by atoms with Crippen molar-refractivity contribution in [2.45, 2.75) is 49.6 Å². The number of thioether (sulfide) groups is 1. The summed E-state index contributed by atoms with van der Waals surface area (Å²) in [5.74, 6) is 1.87. The lowest BCUT2D eigenvalue weighted by Gasteiger charge is -2.31. The summed E-state index contributed by atoms with van der Waals surface area (Å²) in [6.45, 7) is 4.74. The van der Waals surface area contributed by atoms with E-state index in [-0.39, 0.29) is 22.9 Å². The Morgan fingerprint density at radius 1 is 1.23 bits per heavy atom. The van der Waals surface area contributed by atoms with E-state index in [1.54, 1.807) is 18.2 Å². The molecule has 1 aromatic rings. The Morgan fingerprint density at radius 2 is 2.03 bits per heavy atom. The number of benzene rings is 1. The van der Waals surface area contributed by atoms with Crippen LogP contribution in [-0.4, -0.2) is 86.6 Å². The molecular formula is C22H32N2O5S2. The minimum atomic E-state index is -3.67. The summed E-state index contributed by atoms with van der Waals surface area (Å²) in [5, 5.41) is 0. The quantitative estimate of drug-likeness (QED) is 0.612. The summed E-state index contributed by atoms with van der Waals surface area (Å²) in [6, 6.07) is 5.35. The molecule has 2 unspecified atom stereocenters. The highest BCUT2D eigenvalue weighted by atomic mass is 32.2. The molecule has 3 fully saturated rings. The number of aryl methyl sites for hydroxylation is 1. The number of morpholine rings is 1. The SMILES string of the molecule is CCc1ccc(C(=O)N(CC2CCCO2)C2CCSC2)cc1S(=O)(=O)N1CCOCC1. The van der Waals surface area contributed by atoms with Gasteiger partial charge in [0.2, 0.25) is 10.0 Å². The fraction of sp³-hybridized carbons (Fsp3) is 0.682. The third-order valence-corrected chi connectivity index (χ3v) is 9.44. The molecule has 0 saturated carbocycles. The van der Waals surface area contributed by atoms with Gasteiger partial charge in [0.15, 0.2) is 0 Å². The van der Waals surface area contributed by atoms with Crippen molar-refractivity contribution in [3.05, 3.63) is 29.3 Å². The first-order chi connectivity index (χ1) is 15.0. The van der Waals surface area contributed by atoms with E-state index in [1.165, 1.54) is 4.31 Å². The standard InChI is InChI=1S/C22H32N2O5S2/c1-2-17-5-6-18(14-21(17)31(26,27)23-8-11-28-12-9-23)22(25)24(19-7-13-30-16-19)15-20-4-3-10-29-20/h5-6,14,19-20H,2-4,7-13,15-16H2,1H3. The third kappa shape index (κ3) is 5.11. The highest BCUT2D eigenvalue weighted by Gasteiger charge is 2.33. The molecule has 0 bridgehead atoms. The molecule has 172 valence electrons. The van der Waals surface area contributed by atoms with E-state index in [0.717, 1.165) is 42.9 Å². The van der Waals surface area contributed by atoms with Crippen molar-refractivity contribution >= 4 is 27.7 Å². The summed E-state index contributed by atoms with van der Waals surface area (Å²) in [7, 11) is -3.67. The molecule has 4 rings (SSSR count). The van der Waals surface area contributed by atoms with E-state index in [2.05, 4.69) is 0 Å². The van der Waals surface area contributed by atoms with Crippen molar-refractivity contribution in [2.24, 2.45) is 0 Å². The van der Waals surface area contributed by atoms with Crippen LogP contribution >= 0.6 is 11.8 Å². The van der Waals surface area contributed by atoms with E-state index in [0.29, 0.717) is 44.8 Å². The summed E-state index contributed by atoms with van der Waals surface area (Å²) < 4.78 is 39.3. The first-order valence-corrected chi connectivity index (χ1v) is 13.8. The van der Waals surface area contributed by atoms with Gasteiger partial charge in [-0.1, -0.05) is 13.0 Å². The zero-order valence-corrected chi connectivity index (χ0v) is 19.8. The van der Waals surface area contributed by atoms with Gasteiger partial charge in [-0.25, -0.2) is 8.42 Å². The summed E-state index contributed by atoms with van der Waals surface area (Å²) >= 11 is 1.86. The Kier molecular flexibility index (Phi) is 7.59. The van der Waals surface area contributed by atoms with Crippen LogP contribution in [0.2, 0.25) is 0 Å². The van der Waals surface area contributed by atoms with Crippen molar-refractivity contribution in [1.82, 2.24) is 9.21 Å². The molecule has 0 aromatic heterocycles. The second-order valence-corrected chi connectivity index (χ2v) is 11.4. The Bertz CT molecular complexity index is 874. The van der Waals surface area contributed by atoms with Gasteiger partial charge in [-0.05, 0) is 49.1 Å². The third-order valence-electron chi connectivity index (χ3n) is 6.31. The van der Waals surface area contributed by atoms with E-state index in [1.807, 2.05) is 23.6 Å². The van der Waals surface area contributed by atoms with Gasteiger partial charge < -0.3 is 14.4 Å². The number of ether oxygens (including phenoxy) is 2. The van der Waals surface area contributed by atoms with Gasteiger partial charge in [0.05, 0.1) is 24.2 Å². The first kappa shape index (κ1) is 23.0. The number of carbonyl (C=O) groups excluding carboxylic acids is 1. The number of hydrogen-bond acceptors (Lipinski definition) is 6. The lowest BCUT2D eigenvalue weighted by Crippen LogP contribution is -2.45. The molecule has 1 aromatic carbocycles. The largest absolute Gasteiger partial charge is 0.379 e. The molecule has 31 heavy (non-hydrogen) atoms. The molecule has 0 radical (unpaired) electrons. The minimum absolute atomic E-state index is 0.0704. The van der Waals surface area contributed by atoms with Crippen LogP contribution in [0, 0.1) is 0 Å². The van der Waals surface area contributed by atoms with Crippen molar-refractivity contribution < 1.29 is 22.7 Å². The maximum Gasteiger partial charge on any atom is 0.254 e. The van der Waals surface area contributed by atoms with Gasteiger partial charge in [-0.2, -0.15) is 16.1 Å². The fourth-order valence-corrected chi connectivity index (χ4v) is 7.44. The summed E-state index contributed by atoms with van der Waals surface area (Å²) in [5.41, 5.74) is 1.18. The predicted molar refractivity (Wildman–Crippen MR) is 121 cm³/mol. The van der Waals surface area contributed by atoms with Crippen LogP contribution in [0.5, 0.6) is 0 Å². The lowest BCUT2D eigenvalue weighted by molar-refractivity contribution is 0.0441. The van der Waals surface area contributed by atoms with Crippen molar-refractivity contribution in [3.63, 3.8) is 0 Å². The minimum Gasteiger partial charge on any atom is -0.379 e. The molecule has 3 heterocycles. The molecule has 0 N–H and O–H groups in total. The van der Waals surface area contributed by atoms with Gasteiger partial charge in [-0.3, -0.25) is 4.79 Å². The van der Waals surface area contributed by atoms with Crippen molar-refractivity contribution in [1.29, 1.82) is 0 Å². The zero-order valence-electron chi connectivity index (χ0n) is 18.1. The Hall–Kier alpha value is -1.13. The molecule has 3 aliphatic heterocycles. The van der Waals surface area contributed by atoms with E-state index in [4.69, 9.17) is 9.47 Å². The summed E-state index contributed by atoms with van der Waals surface area (Å²) in [4.78, 5) is 15.8. The average Bonchev–Trinajstić information content (AvgIpc) is 3.51. The number of rotatable bonds is 7. The molecule has 3 saturated heterocycles. The fourth-order valence-electron chi connectivity index (χ4n) is 4.49. The lowest BCUT2D eigenvalue weighted by atomic mass is 10.1. The predicted octanol–water partition coefficient (Wildman–Crippen LogP) is 2.40. The van der Waals surface area contributed by atoms with Gasteiger partial charge in [-0.15, -0.1) is 0 Å². The monoisotopic (exact) mass is 468 g/mol. The van der Waals surface area contributed by atoms with Crippen LogP contribution in [0.25, 0.3) is 0 Å². The maximum absolute atomic E-state index is 13.6. The Balaban J connectivity index is 1.64. The maximum atomic E-state index is 13.6. The second kappa shape index (κ2) is 10.2. The molecule has 9 heteroatoms. The molecule has 3 aliphatic rings. The van der Waals surface area contributed by atoms with E-state index in [9.17, 15) is 13.2 Å². The molecular weight excluding hydrogens is 436 g/mol. The molecule has 1 amide bonds. The van der Waals surface area contributed by atoms with E-state index >= 15 is 0 Å². The van der Waals surface area contributed by atoms with Crippen LogP contribution in [0.15, 0.2) is 23.1 Å². The smallest absolute Gasteiger partial charge is 0.254 e. The number of hydrogen-bond donors (Lipinski definition) is 0. The van der Waals surface area contributed by atoms with Gasteiger partial charge in [0.25, 0.3) is 5.91 Å². The zero-order chi connectivity index (χ0) is 21.8. The number of nitrogens with zero attached hydrogens (tertiary/aromatic N) is 2. The van der Waals surface area contributed by atoms with Gasteiger partial charge in [0.1, 0.15) is 0 Å². The van der Waals surface area contributed by atoms with Crippen LogP contribution in [0.3, 0.4) is 0 Å². The molecule has 2 atom stereocenters. The van der Waals surface area contributed by atoms with Crippen LogP contribution in [0.1, 0.15) is 42.1 Å². The summed E-state index contributed by atoms with van der Waals surface area (Å²) in [6.07, 6.45) is 3.62. The number of sulfonamides is 1. The Morgan fingerprint density at radius 3 is 2.68 bits per heavy atom. The normalized spacial score (nSPS) is 25.1. The highest BCUT2D eigenvalue weighted by Crippen LogP contribution is 2.28. The molecule has 0 spiro atoms. The van der Waals surface area contributed by atoms with Crippen LogP contribution in [0.4, 0.5) is 0 Å². The van der Waals surface area contributed by atoms with E-state index < -0.39 is 10.0 Å². The number of amides is 1. The topological polar surface area (TPSA) is 76.2 Å². The van der Waals surface area contributed by atoms with Gasteiger partial charge in [0, 0.05) is 43.6 Å². The van der Waals surface area contributed by atoms with Crippen LogP contribution < -0.4 is 0 Å². The Labute approximate surface area is 189 Å².